The Bertz CT molecular complexity index is 324. The summed E-state index contributed by atoms with van der Waals surface area (Å²) in [6.45, 7) is 11.5. The van der Waals surface area contributed by atoms with Crippen LogP contribution in [0.3, 0.4) is 0 Å². The number of nitrogens with two attached hydrogens (primary N) is 1. The maximum absolute atomic E-state index is 11.9. The van der Waals surface area contributed by atoms with Crippen molar-refractivity contribution < 1.29 is 9.59 Å². The lowest BCUT2D eigenvalue weighted by atomic mass is 9.76. The first kappa shape index (κ1) is 19.9. The van der Waals surface area contributed by atoms with E-state index in [1.807, 2.05) is 6.92 Å². The highest BCUT2D eigenvalue weighted by molar-refractivity contribution is 5.87. The predicted octanol–water partition coefficient (Wildman–Crippen LogP) is 1.81. The van der Waals surface area contributed by atoms with Gasteiger partial charge in [0.1, 0.15) is 6.04 Å². The maximum Gasteiger partial charge on any atom is 0.242 e. The molecule has 0 aromatic heterocycles. The number of nitrogens with one attached hydrogen (secondary N) is 2. The number of hydrogen-bond donors (Lipinski definition) is 3. The molecule has 0 aliphatic carbocycles. The molecule has 0 rings (SSSR count). The molecule has 0 aromatic rings. The normalized spacial score (nSPS) is 14.4. The summed E-state index contributed by atoms with van der Waals surface area (Å²) in [4.78, 5) is 23.6. The third-order valence-electron chi connectivity index (χ3n) is 3.78. The van der Waals surface area contributed by atoms with Crippen LogP contribution in [0.1, 0.15) is 60.3 Å². The van der Waals surface area contributed by atoms with Crippen molar-refractivity contribution in [3.8, 4) is 0 Å². The molecule has 0 aliphatic heterocycles. The zero-order valence-electron chi connectivity index (χ0n) is 14.3. The molecule has 0 heterocycles. The maximum atomic E-state index is 11.9. The minimum absolute atomic E-state index is 0.0691. The van der Waals surface area contributed by atoms with E-state index in [0.717, 1.165) is 19.3 Å². The van der Waals surface area contributed by atoms with Crippen molar-refractivity contribution in [1.29, 1.82) is 0 Å². The summed E-state index contributed by atoms with van der Waals surface area (Å²) in [7, 11) is 0. The van der Waals surface area contributed by atoms with Gasteiger partial charge >= 0.3 is 0 Å². The van der Waals surface area contributed by atoms with E-state index in [0.29, 0.717) is 25.4 Å². The Kier molecular flexibility index (Phi) is 9.26. The first-order chi connectivity index (χ1) is 9.72. The number of carbonyl (C=O) groups excluding carboxylic acids is 2. The van der Waals surface area contributed by atoms with Crippen LogP contribution in [0.2, 0.25) is 0 Å². The molecule has 4 N–H and O–H groups in total. The van der Waals surface area contributed by atoms with Crippen molar-refractivity contribution in [3.63, 3.8) is 0 Å². The number of carbonyl (C=O) groups is 2. The Balaban J connectivity index is 4.21. The molecule has 0 radical (unpaired) electrons. The zero-order valence-corrected chi connectivity index (χ0v) is 14.3. The second kappa shape index (κ2) is 9.77. The molecule has 2 atom stereocenters. The van der Waals surface area contributed by atoms with Crippen LogP contribution in [0.4, 0.5) is 0 Å². The molecule has 0 bridgehead atoms. The first-order valence-electron chi connectivity index (χ1n) is 7.99. The molecule has 0 saturated carbocycles. The van der Waals surface area contributed by atoms with Gasteiger partial charge < -0.3 is 16.4 Å². The summed E-state index contributed by atoms with van der Waals surface area (Å²) in [5.74, 6) is 0.220. The second-order valence-electron chi connectivity index (χ2n) is 6.76. The van der Waals surface area contributed by atoms with Gasteiger partial charge in [-0.25, -0.2) is 0 Å². The molecule has 5 heteroatoms. The fraction of sp³-hybridized carbons (Fsp3) is 0.875. The van der Waals surface area contributed by atoms with Crippen LogP contribution in [0.25, 0.3) is 0 Å². The molecule has 124 valence electrons. The quantitative estimate of drug-likeness (QED) is 0.607. The van der Waals surface area contributed by atoms with E-state index in [1.54, 1.807) is 6.92 Å². The van der Waals surface area contributed by atoms with Gasteiger partial charge in [-0.15, -0.1) is 0 Å². The van der Waals surface area contributed by atoms with Crippen LogP contribution in [0, 0.1) is 11.3 Å². The molecule has 2 unspecified atom stereocenters. The molecule has 0 aliphatic rings. The van der Waals surface area contributed by atoms with Crippen LogP contribution >= 0.6 is 0 Å². The van der Waals surface area contributed by atoms with Crippen molar-refractivity contribution in [1.82, 2.24) is 10.6 Å². The smallest absolute Gasteiger partial charge is 0.242 e. The van der Waals surface area contributed by atoms with Gasteiger partial charge in [-0.3, -0.25) is 9.59 Å². The lowest BCUT2D eigenvalue weighted by molar-refractivity contribution is -0.128. The highest BCUT2D eigenvalue weighted by Gasteiger charge is 2.25. The lowest BCUT2D eigenvalue weighted by Crippen LogP contribution is -2.45. The average molecular weight is 299 g/mol. The van der Waals surface area contributed by atoms with Gasteiger partial charge in [0, 0.05) is 13.0 Å². The number of rotatable bonds is 9. The number of hydrogen-bond acceptors (Lipinski definition) is 3. The van der Waals surface area contributed by atoms with Gasteiger partial charge in [0.05, 0.1) is 0 Å². The summed E-state index contributed by atoms with van der Waals surface area (Å²) >= 11 is 0. The van der Waals surface area contributed by atoms with Crippen LogP contribution < -0.4 is 16.4 Å². The van der Waals surface area contributed by atoms with Gasteiger partial charge in [-0.2, -0.15) is 0 Å². The summed E-state index contributed by atoms with van der Waals surface area (Å²) in [5, 5.41) is 5.53. The average Bonchev–Trinajstić information content (AvgIpc) is 2.39. The Morgan fingerprint density at radius 3 is 2.29 bits per heavy atom. The van der Waals surface area contributed by atoms with Crippen molar-refractivity contribution in [2.24, 2.45) is 17.1 Å². The monoisotopic (exact) mass is 299 g/mol. The van der Waals surface area contributed by atoms with Gasteiger partial charge in [-0.05, 0) is 44.1 Å². The van der Waals surface area contributed by atoms with E-state index >= 15 is 0 Å². The van der Waals surface area contributed by atoms with Gasteiger partial charge in [0.2, 0.25) is 11.8 Å². The second-order valence-corrected chi connectivity index (χ2v) is 6.76. The van der Waals surface area contributed by atoms with Gasteiger partial charge in [0.25, 0.3) is 0 Å². The Morgan fingerprint density at radius 1 is 1.19 bits per heavy atom. The van der Waals surface area contributed by atoms with Gasteiger partial charge in [-0.1, -0.05) is 27.7 Å². The number of amides is 2. The van der Waals surface area contributed by atoms with E-state index in [2.05, 4.69) is 31.4 Å². The van der Waals surface area contributed by atoms with Gasteiger partial charge in [0.15, 0.2) is 0 Å². The molecule has 0 aromatic carbocycles. The van der Waals surface area contributed by atoms with Crippen molar-refractivity contribution in [2.45, 2.75) is 66.3 Å². The van der Waals surface area contributed by atoms with E-state index in [1.165, 1.54) is 0 Å². The molecule has 0 spiro atoms. The molecule has 0 saturated heterocycles. The lowest BCUT2D eigenvalue weighted by Gasteiger charge is -2.30. The van der Waals surface area contributed by atoms with Crippen molar-refractivity contribution in [3.05, 3.63) is 0 Å². The van der Waals surface area contributed by atoms with E-state index in [4.69, 9.17) is 5.73 Å². The highest BCUT2D eigenvalue weighted by atomic mass is 16.2. The van der Waals surface area contributed by atoms with Crippen LogP contribution in [0.15, 0.2) is 0 Å². The predicted molar refractivity (Wildman–Crippen MR) is 86.8 cm³/mol. The van der Waals surface area contributed by atoms with Crippen LogP contribution in [0.5, 0.6) is 0 Å². The topological polar surface area (TPSA) is 84.2 Å². The summed E-state index contributed by atoms with van der Waals surface area (Å²) in [6.07, 6.45) is 3.05. The van der Waals surface area contributed by atoms with Crippen molar-refractivity contribution >= 4 is 11.8 Å². The third kappa shape index (κ3) is 8.71. The molecule has 5 nitrogen and oxygen atoms in total. The highest BCUT2D eigenvalue weighted by Crippen LogP contribution is 2.31. The van der Waals surface area contributed by atoms with Crippen LogP contribution in [-0.2, 0) is 9.59 Å². The standard InChI is InChI=1S/C16H33N3O2/c1-6-11-18-15(21)12(2)19-14(20)8-7-13(9-10-17)16(3,4)5/h12-13H,6-11,17H2,1-5H3,(H,18,21)(H,19,20). The van der Waals surface area contributed by atoms with E-state index in [-0.39, 0.29) is 17.2 Å². The van der Waals surface area contributed by atoms with E-state index < -0.39 is 6.04 Å². The Hall–Kier alpha value is -1.10. The molecule has 0 fully saturated rings. The van der Waals surface area contributed by atoms with E-state index in [9.17, 15) is 9.59 Å². The molecular weight excluding hydrogens is 266 g/mol. The van der Waals surface area contributed by atoms with Crippen LogP contribution in [-0.4, -0.2) is 30.9 Å². The fourth-order valence-corrected chi connectivity index (χ4v) is 2.30. The fourth-order valence-electron chi connectivity index (χ4n) is 2.30. The Labute approximate surface area is 129 Å². The summed E-state index contributed by atoms with van der Waals surface area (Å²) in [5.41, 5.74) is 5.79. The largest absolute Gasteiger partial charge is 0.354 e. The Morgan fingerprint density at radius 2 is 1.81 bits per heavy atom. The SMILES string of the molecule is CCCNC(=O)C(C)NC(=O)CCC(CCN)C(C)(C)C. The third-order valence-corrected chi connectivity index (χ3v) is 3.78. The minimum atomic E-state index is -0.480. The summed E-state index contributed by atoms with van der Waals surface area (Å²) in [6, 6.07) is -0.480. The van der Waals surface area contributed by atoms with Crippen molar-refractivity contribution in [2.75, 3.05) is 13.1 Å². The molecule has 2 amide bonds. The summed E-state index contributed by atoms with van der Waals surface area (Å²) < 4.78 is 0. The molecular formula is C16H33N3O2. The first-order valence-corrected chi connectivity index (χ1v) is 7.99. The molecule has 21 heavy (non-hydrogen) atoms. The minimum Gasteiger partial charge on any atom is -0.354 e. The zero-order chi connectivity index (χ0) is 16.5.